The van der Waals surface area contributed by atoms with Gasteiger partial charge in [-0.2, -0.15) is 4.99 Å². The fraction of sp³-hybridized carbons (Fsp3) is 0.0588. The van der Waals surface area contributed by atoms with E-state index in [2.05, 4.69) is 11.6 Å². The molecule has 0 saturated heterocycles. The monoisotopic (exact) mass is 396 g/mol. The number of nitrogens with zero attached hydrogens (tertiary/aromatic N) is 2. The second-order valence-corrected chi connectivity index (χ2v) is 7.23. The van der Waals surface area contributed by atoms with Crippen molar-refractivity contribution in [2.75, 3.05) is 0 Å². The number of rotatable bonds is 3. The van der Waals surface area contributed by atoms with Crippen LogP contribution in [0.2, 0.25) is 15.1 Å². The summed E-state index contributed by atoms with van der Waals surface area (Å²) in [6, 6.07) is 10.2. The van der Waals surface area contributed by atoms with Crippen LogP contribution in [0.3, 0.4) is 0 Å². The second-order valence-electron chi connectivity index (χ2n) is 4.94. The molecule has 0 saturated carbocycles. The van der Waals surface area contributed by atoms with Crippen molar-refractivity contribution in [3.05, 3.63) is 74.5 Å². The van der Waals surface area contributed by atoms with Crippen molar-refractivity contribution in [1.29, 1.82) is 0 Å². The van der Waals surface area contributed by atoms with E-state index in [0.717, 1.165) is 10.2 Å². The van der Waals surface area contributed by atoms with Crippen LogP contribution in [-0.4, -0.2) is 10.5 Å². The maximum absolute atomic E-state index is 12.5. The Hall–Kier alpha value is -1.59. The molecule has 1 amide bonds. The minimum atomic E-state index is -0.424. The van der Waals surface area contributed by atoms with E-state index in [1.807, 2.05) is 16.7 Å². The first-order valence-electron chi connectivity index (χ1n) is 6.93. The average Bonchev–Trinajstić information content (AvgIpc) is 2.84. The zero-order valence-electron chi connectivity index (χ0n) is 12.3. The van der Waals surface area contributed by atoms with E-state index in [1.165, 1.54) is 17.4 Å². The Morgan fingerprint density at radius 3 is 2.58 bits per heavy atom. The van der Waals surface area contributed by atoms with Gasteiger partial charge in [0.1, 0.15) is 0 Å². The highest BCUT2D eigenvalue weighted by molar-refractivity contribution is 7.16. The van der Waals surface area contributed by atoms with Gasteiger partial charge in [0.15, 0.2) is 4.80 Å². The summed E-state index contributed by atoms with van der Waals surface area (Å²) in [5, 5.41) is 1.37. The number of fused-ring (bicyclic) bond motifs is 1. The van der Waals surface area contributed by atoms with Gasteiger partial charge < -0.3 is 4.57 Å². The minimum absolute atomic E-state index is 0.274. The molecule has 2 aromatic carbocycles. The van der Waals surface area contributed by atoms with Gasteiger partial charge in [0.05, 0.1) is 20.8 Å². The van der Waals surface area contributed by atoms with Crippen LogP contribution in [0.15, 0.2) is 54.0 Å². The molecule has 0 fully saturated rings. The average molecular weight is 398 g/mol. The van der Waals surface area contributed by atoms with E-state index in [1.54, 1.807) is 24.3 Å². The number of benzene rings is 2. The van der Waals surface area contributed by atoms with Gasteiger partial charge in [-0.1, -0.05) is 52.2 Å². The number of allylic oxidation sites excluding steroid dienone is 1. The number of halogens is 3. The van der Waals surface area contributed by atoms with Crippen molar-refractivity contribution in [1.82, 2.24) is 4.57 Å². The number of carbonyl (C=O) groups excluding carboxylic acids is 1. The number of hydrogen-bond acceptors (Lipinski definition) is 2. The summed E-state index contributed by atoms with van der Waals surface area (Å²) < 4.78 is 2.85. The molecule has 3 nitrogen and oxygen atoms in total. The molecule has 1 aromatic heterocycles. The van der Waals surface area contributed by atoms with E-state index in [4.69, 9.17) is 34.8 Å². The summed E-state index contributed by atoms with van der Waals surface area (Å²) in [4.78, 5) is 17.3. The van der Waals surface area contributed by atoms with Gasteiger partial charge >= 0.3 is 0 Å². The lowest BCUT2D eigenvalue weighted by atomic mass is 10.2. The summed E-state index contributed by atoms with van der Waals surface area (Å²) in [6.45, 7) is 4.29. The number of carbonyl (C=O) groups is 1. The Bertz CT molecular complexity index is 1020. The topological polar surface area (TPSA) is 34.4 Å². The molecule has 0 N–H and O–H groups in total. The second kappa shape index (κ2) is 7.11. The van der Waals surface area contributed by atoms with Crippen LogP contribution in [0.4, 0.5) is 0 Å². The fourth-order valence-corrected chi connectivity index (χ4v) is 4.05. The Balaban J connectivity index is 2.16. The first kappa shape index (κ1) is 17.2. The Morgan fingerprint density at radius 2 is 1.88 bits per heavy atom. The summed E-state index contributed by atoms with van der Waals surface area (Å²) in [7, 11) is 0. The van der Waals surface area contributed by atoms with Crippen molar-refractivity contribution < 1.29 is 4.79 Å². The minimum Gasteiger partial charge on any atom is -0.312 e. The third-order valence-electron chi connectivity index (χ3n) is 3.32. The van der Waals surface area contributed by atoms with Gasteiger partial charge in [0, 0.05) is 16.6 Å². The third kappa shape index (κ3) is 3.42. The van der Waals surface area contributed by atoms with E-state index in [0.29, 0.717) is 27.0 Å². The van der Waals surface area contributed by atoms with Gasteiger partial charge in [-0.15, -0.1) is 6.58 Å². The molecule has 3 aromatic rings. The molecular weight excluding hydrogens is 387 g/mol. The standard InChI is InChI=1S/C17H11Cl3N2OS/c1-2-7-22-14-6-4-11(19)9-15(14)24-17(22)21-16(23)12-5-3-10(18)8-13(12)20/h2-6,8-9H,1,7H2. The van der Waals surface area contributed by atoms with Crippen LogP contribution in [-0.2, 0) is 6.54 Å². The van der Waals surface area contributed by atoms with E-state index in [-0.39, 0.29) is 5.02 Å². The van der Waals surface area contributed by atoms with Gasteiger partial charge in [-0.05, 0) is 36.4 Å². The molecule has 7 heteroatoms. The number of aromatic nitrogens is 1. The molecule has 3 rings (SSSR count). The molecule has 0 atom stereocenters. The SMILES string of the molecule is C=CCn1c(=NC(=O)c2ccc(Cl)cc2Cl)sc2cc(Cl)ccc21. The van der Waals surface area contributed by atoms with Crippen LogP contribution in [0.25, 0.3) is 10.2 Å². The van der Waals surface area contributed by atoms with Crippen molar-refractivity contribution in [3.63, 3.8) is 0 Å². The van der Waals surface area contributed by atoms with Gasteiger partial charge in [-0.25, -0.2) is 0 Å². The lowest BCUT2D eigenvalue weighted by molar-refractivity contribution is 0.0998. The predicted octanol–water partition coefficient (Wildman–Crippen LogP) is 5.59. The molecule has 24 heavy (non-hydrogen) atoms. The molecule has 0 radical (unpaired) electrons. The van der Waals surface area contributed by atoms with Crippen molar-refractivity contribution in [3.8, 4) is 0 Å². The van der Waals surface area contributed by atoms with Crippen LogP contribution in [0.1, 0.15) is 10.4 Å². The van der Waals surface area contributed by atoms with Gasteiger partial charge in [-0.3, -0.25) is 4.79 Å². The molecule has 0 aliphatic heterocycles. The fourth-order valence-electron chi connectivity index (χ4n) is 2.25. The predicted molar refractivity (Wildman–Crippen MR) is 101 cm³/mol. The number of hydrogen-bond donors (Lipinski definition) is 0. The zero-order valence-corrected chi connectivity index (χ0v) is 15.4. The molecule has 0 aliphatic carbocycles. The highest BCUT2D eigenvalue weighted by atomic mass is 35.5. The molecule has 0 bridgehead atoms. The molecule has 122 valence electrons. The molecule has 0 unspecified atom stereocenters. The first-order valence-corrected chi connectivity index (χ1v) is 8.88. The lowest BCUT2D eigenvalue weighted by Gasteiger charge is -2.02. The van der Waals surface area contributed by atoms with Crippen LogP contribution >= 0.6 is 46.1 Å². The Kier molecular flexibility index (Phi) is 5.11. The molecule has 0 aliphatic rings. The van der Waals surface area contributed by atoms with Crippen molar-refractivity contribution in [2.45, 2.75) is 6.54 Å². The van der Waals surface area contributed by atoms with Crippen LogP contribution in [0, 0.1) is 0 Å². The maximum atomic E-state index is 12.5. The molecular formula is C17H11Cl3N2OS. The largest absolute Gasteiger partial charge is 0.312 e. The number of amides is 1. The van der Waals surface area contributed by atoms with Crippen molar-refractivity contribution in [2.24, 2.45) is 4.99 Å². The van der Waals surface area contributed by atoms with Crippen LogP contribution < -0.4 is 4.80 Å². The Labute approximate surface area is 157 Å². The lowest BCUT2D eigenvalue weighted by Crippen LogP contribution is -2.16. The smallest absolute Gasteiger partial charge is 0.281 e. The quantitative estimate of drug-likeness (QED) is 0.530. The van der Waals surface area contributed by atoms with E-state index in [9.17, 15) is 4.79 Å². The summed E-state index contributed by atoms with van der Waals surface area (Å²) >= 11 is 19.4. The normalized spacial score (nSPS) is 11.9. The number of thiazole rings is 1. The van der Waals surface area contributed by atoms with Gasteiger partial charge in [0.25, 0.3) is 5.91 Å². The Morgan fingerprint density at radius 1 is 1.17 bits per heavy atom. The van der Waals surface area contributed by atoms with Gasteiger partial charge in [0.2, 0.25) is 0 Å². The molecule has 0 spiro atoms. The van der Waals surface area contributed by atoms with Crippen LogP contribution in [0.5, 0.6) is 0 Å². The third-order valence-corrected chi connectivity index (χ3v) is 5.14. The first-order chi connectivity index (χ1) is 11.5. The zero-order chi connectivity index (χ0) is 17.3. The maximum Gasteiger partial charge on any atom is 0.281 e. The highest BCUT2D eigenvalue weighted by Gasteiger charge is 2.12. The van der Waals surface area contributed by atoms with E-state index >= 15 is 0 Å². The summed E-state index contributed by atoms with van der Waals surface area (Å²) in [5.74, 6) is -0.424. The molecule has 1 heterocycles. The highest BCUT2D eigenvalue weighted by Crippen LogP contribution is 2.23. The summed E-state index contributed by atoms with van der Waals surface area (Å²) in [6.07, 6.45) is 1.75. The van der Waals surface area contributed by atoms with Crippen molar-refractivity contribution >= 4 is 62.3 Å². The van der Waals surface area contributed by atoms with E-state index < -0.39 is 5.91 Å². The summed E-state index contributed by atoms with van der Waals surface area (Å²) in [5.41, 5.74) is 1.25.